The zero-order chi connectivity index (χ0) is 32.6. The molecule has 0 aliphatic carbocycles. The third kappa shape index (κ3) is 31.0. The first kappa shape index (κ1) is 43.0. The average molecular weight is 650 g/mol. The van der Waals surface area contributed by atoms with Crippen molar-refractivity contribution >= 4 is 19.8 Å². The summed E-state index contributed by atoms with van der Waals surface area (Å²) in [4.78, 5) is 34.5. The van der Waals surface area contributed by atoms with Crippen molar-refractivity contribution in [1.29, 1.82) is 0 Å². The fraction of sp³-hybridized carbons (Fsp3) is 0.941. The molecular formula is C34H68NO8P. The molecule has 0 spiro atoms. The highest BCUT2D eigenvalue weighted by molar-refractivity contribution is 7.47. The Morgan fingerprint density at radius 1 is 0.591 bits per heavy atom. The second-order valence-corrected chi connectivity index (χ2v) is 13.6. The van der Waals surface area contributed by atoms with Crippen molar-refractivity contribution in [3.8, 4) is 0 Å². The van der Waals surface area contributed by atoms with Gasteiger partial charge in [0.25, 0.3) is 0 Å². The molecule has 0 heterocycles. The van der Waals surface area contributed by atoms with Crippen LogP contribution in [0.1, 0.15) is 174 Å². The van der Waals surface area contributed by atoms with Crippen LogP contribution >= 0.6 is 7.82 Å². The predicted molar refractivity (Wildman–Crippen MR) is 178 cm³/mol. The van der Waals surface area contributed by atoms with Crippen molar-refractivity contribution in [3.63, 3.8) is 0 Å². The smallest absolute Gasteiger partial charge is 0.462 e. The number of carbonyl (C=O) groups excluding carboxylic acids is 2. The molecule has 0 fully saturated rings. The standard InChI is InChI=1S/C34H68NO8P/c1-3-5-7-9-11-13-14-15-16-17-18-19-21-22-24-26-33(36)40-30-32(31-42-44(38,39)41-29-28-35)43-34(37)27-25-23-20-12-10-8-6-4-2/h32H,3-31,35H2,1-2H3,(H,38,39)/t32-/m1/s1. The van der Waals surface area contributed by atoms with E-state index in [9.17, 15) is 19.0 Å². The third-order valence-corrected chi connectivity index (χ3v) is 8.73. The van der Waals surface area contributed by atoms with Gasteiger partial charge in [-0.15, -0.1) is 0 Å². The van der Waals surface area contributed by atoms with Crippen LogP contribution in [0.2, 0.25) is 0 Å². The van der Waals surface area contributed by atoms with Gasteiger partial charge >= 0.3 is 19.8 Å². The monoisotopic (exact) mass is 649 g/mol. The van der Waals surface area contributed by atoms with Crippen LogP contribution in [0.3, 0.4) is 0 Å². The number of phosphoric acid groups is 1. The molecule has 9 nitrogen and oxygen atoms in total. The molecular weight excluding hydrogens is 581 g/mol. The molecule has 0 aromatic heterocycles. The van der Waals surface area contributed by atoms with Crippen molar-refractivity contribution in [3.05, 3.63) is 0 Å². The maximum absolute atomic E-state index is 12.4. The predicted octanol–water partition coefficient (Wildman–Crippen LogP) is 9.33. The number of unbranched alkanes of at least 4 members (excludes halogenated alkanes) is 21. The summed E-state index contributed by atoms with van der Waals surface area (Å²) in [6, 6.07) is 0. The molecule has 0 rings (SSSR count). The van der Waals surface area contributed by atoms with E-state index in [2.05, 4.69) is 13.8 Å². The number of rotatable bonds is 34. The first-order valence-corrected chi connectivity index (χ1v) is 19.5. The summed E-state index contributed by atoms with van der Waals surface area (Å²) in [6.07, 6.45) is 27.1. The van der Waals surface area contributed by atoms with Crippen LogP contribution in [0.25, 0.3) is 0 Å². The summed E-state index contributed by atoms with van der Waals surface area (Å²) >= 11 is 0. The van der Waals surface area contributed by atoms with E-state index in [1.54, 1.807) is 0 Å². The largest absolute Gasteiger partial charge is 0.472 e. The van der Waals surface area contributed by atoms with Gasteiger partial charge in [-0.25, -0.2) is 4.57 Å². The minimum absolute atomic E-state index is 0.0574. The minimum atomic E-state index is -4.35. The highest BCUT2D eigenvalue weighted by Crippen LogP contribution is 2.43. The third-order valence-electron chi connectivity index (χ3n) is 7.74. The van der Waals surface area contributed by atoms with E-state index in [4.69, 9.17) is 24.3 Å². The van der Waals surface area contributed by atoms with Gasteiger partial charge in [0, 0.05) is 19.4 Å². The zero-order valence-electron chi connectivity index (χ0n) is 28.4. The summed E-state index contributed by atoms with van der Waals surface area (Å²) in [5.74, 6) is -0.825. The highest BCUT2D eigenvalue weighted by atomic mass is 31.2. The van der Waals surface area contributed by atoms with Crippen LogP contribution in [-0.2, 0) is 32.7 Å². The first-order valence-electron chi connectivity index (χ1n) is 18.0. The molecule has 0 aliphatic heterocycles. The molecule has 0 amide bonds. The fourth-order valence-electron chi connectivity index (χ4n) is 5.05. The summed E-state index contributed by atoms with van der Waals surface area (Å²) in [6.45, 7) is 3.70. The highest BCUT2D eigenvalue weighted by Gasteiger charge is 2.25. The topological polar surface area (TPSA) is 134 Å². The lowest BCUT2D eigenvalue weighted by atomic mass is 10.0. The van der Waals surface area contributed by atoms with Crippen molar-refractivity contribution in [2.24, 2.45) is 5.73 Å². The number of esters is 2. The summed E-state index contributed by atoms with van der Waals surface area (Å²) < 4.78 is 32.5. The summed E-state index contributed by atoms with van der Waals surface area (Å²) in [7, 11) is -4.35. The van der Waals surface area contributed by atoms with E-state index in [1.165, 1.54) is 103 Å². The molecule has 0 saturated carbocycles. The second-order valence-electron chi connectivity index (χ2n) is 12.1. The van der Waals surface area contributed by atoms with E-state index in [-0.39, 0.29) is 38.6 Å². The van der Waals surface area contributed by atoms with Crippen LogP contribution < -0.4 is 5.73 Å². The molecule has 0 aromatic carbocycles. The van der Waals surface area contributed by atoms with Crippen LogP contribution in [0.5, 0.6) is 0 Å². The molecule has 0 aliphatic rings. The van der Waals surface area contributed by atoms with Gasteiger partial charge in [0.1, 0.15) is 6.61 Å². The van der Waals surface area contributed by atoms with Crippen molar-refractivity contribution in [2.75, 3.05) is 26.4 Å². The van der Waals surface area contributed by atoms with Crippen LogP contribution in [0, 0.1) is 0 Å². The van der Waals surface area contributed by atoms with Gasteiger partial charge in [0.15, 0.2) is 6.10 Å². The lowest BCUT2D eigenvalue weighted by Gasteiger charge is -2.19. The Kier molecular flexibility index (Phi) is 31.3. The Bertz CT molecular complexity index is 709. The Hall–Kier alpha value is -0.990. The second kappa shape index (κ2) is 32.0. The SMILES string of the molecule is CCCCCCCCCCCCCCCCCC(=O)OC[C@H](COP(=O)(O)OCCN)OC(=O)CCCCCCCCCC. The average Bonchev–Trinajstić information content (AvgIpc) is 3.00. The van der Waals surface area contributed by atoms with E-state index in [0.717, 1.165) is 38.5 Å². The zero-order valence-corrected chi connectivity index (χ0v) is 29.3. The minimum Gasteiger partial charge on any atom is -0.462 e. The van der Waals surface area contributed by atoms with Crippen LogP contribution in [0.15, 0.2) is 0 Å². The van der Waals surface area contributed by atoms with Gasteiger partial charge in [-0.3, -0.25) is 18.6 Å². The van der Waals surface area contributed by atoms with E-state index in [1.807, 2.05) is 0 Å². The van der Waals surface area contributed by atoms with E-state index < -0.39 is 26.5 Å². The summed E-state index contributed by atoms with van der Waals surface area (Å²) in [5, 5.41) is 0. The van der Waals surface area contributed by atoms with Gasteiger partial charge in [0.2, 0.25) is 0 Å². The Balaban J connectivity index is 4.15. The molecule has 262 valence electrons. The molecule has 10 heteroatoms. The Morgan fingerprint density at radius 2 is 0.977 bits per heavy atom. The molecule has 0 aromatic rings. The number of hydrogen-bond acceptors (Lipinski definition) is 8. The number of phosphoric ester groups is 1. The quantitative estimate of drug-likeness (QED) is 0.0397. The molecule has 3 N–H and O–H groups in total. The summed E-state index contributed by atoms with van der Waals surface area (Å²) in [5.41, 5.74) is 5.31. The number of nitrogens with two attached hydrogens (primary N) is 1. The molecule has 2 atom stereocenters. The fourth-order valence-corrected chi connectivity index (χ4v) is 5.81. The van der Waals surface area contributed by atoms with Crippen LogP contribution in [-0.4, -0.2) is 49.3 Å². The Morgan fingerprint density at radius 3 is 1.39 bits per heavy atom. The van der Waals surface area contributed by atoms with Gasteiger partial charge < -0.3 is 20.1 Å². The number of carbonyl (C=O) groups is 2. The van der Waals surface area contributed by atoms with E-state index >= 15 is 0 Å². The molecule has 44 heavy (non-hydrogen) atoms. The van der Waals surface area contributed by atoms with Gasteiger partial charge in [0.05, 0.1) is 13.2 Å². The normalized spacial score (nSPS) is 13.5. The van der Waals surface area contributed by atoms with Crippen molar-refractivity contribution < 1.29 is 37.6 Å². The van der Waals surface area contributed by atoms with Gasteiger partial charge in [-0.05, 0) is 12.8 Å². The Labute approximate surface area is 269 Å². The van der Waals surface area contributed by atoms with Gasteiger partial charge in [-0.1, -0.05) is 149 Å². The molecule has 0 bridgehead atoms. The van der Waals surface area contributed by atoms with Crippen molar-refractivity contribution in [1.82, 2.24) is 0 Å². The maximum atomic E-state index is 12.4. The molecule has 0 radical (unpaired) electrons. The van der Waals surface area contributed by atoms with E-state index in [0.29, 0.717) is 6.42 Å². The number of hydrogen-bond donors (Lipinski definition) is 2. The lowest BCUT2D eigenvalue weighted by molar-refractivity contribution is -0.161. The van der Waals surface area contributed by atoms with Crippen LogP contribution in [0.4, 0.5) is 0 Å². The van der Waals surface area contributed by atoms with Crippen molar-refractivity contribution in [2.45, 2.75) is 180 Å². The first-order chi connectivity index (χ1) is 21.3. The van der Waals surface area contributed by atoms with Gasteiger partial charge in [-0.2, -0.15) is 0 Å². The number of ether oxygens (including phenoxy) is 2. The lowest BCUT2D eigenvalue weighted by Crippen LogP contribution is -2.29. The maximum Gasteiger partial charge on any atom is 0.472 e. The molecule has 1 unspecified atom stereocenters. The molecule has 0 saturated heterocycles.